The van der Waals surface area contributed by atoms with Gasteiger partial charge in [-0.25, -0.2) is 9.78 Å². The fourth-order valence-electron chi connectivity index (χ4n) is 1.81. The molecule has 0 N–H and O–H groups in total. The molecule has 0 saturated heterocycles. The van der Waals surface area contributed by atoms with Crippen LogP contribution in [0.4, 0.5) is 0 Å². The molecule has 0 fully saturated rings. The number of aromatic nitrogens is 2. The van der Waals surface area contributed by atoms with Crippen molar-refractivity contribution in [2.45, 2.75) is 19.9 Å². The SMILES string of the molecule is CCOC(=O)c1ccc2ncn(CCCCl)c2c1. The summed E-state index contributed by atoms with van der Waals surface area (Å²) in [5.74, 6) is 0.307. The number of rotatable bonds is 5. The average molecular weight is 267 g/mol. The number of carbonyl (C=O) groups is 1. The van der Waals surface area contributed by atoms with Crippen LogP contribution in [-0.4, -0.2) is 28.0 Å². The van der Waals surface area contributed by atoms with Gasteiger partial charge < -0.3 is 9.30 Å². The topological polar surface area (TPSA) is 44.1 Å². The van der Waals surface area contributed by atoms with Gasteiger partial charge in [-0.05, 0) is 31.5 Å². The van der Waals surface area contributed by atoms with Crippen LogP contribution in [0, 0.1) is 0 Å². The maximum absolute atomic E-state index is 11.7. The van der Waals surface area contributed by atoms with E-state index in [9.17, 15) is 4.79 Å². The highest BCUT2D eigenvalue weighted by atomic mass is 35.5. The van der Waals surface area contributed by atoms with E-state index in [4.69, 9.17) is 16.3 Å². The molecular weight excluding hydrogens is 252 g/mol. The van der Waals surface area contributed by atoms with Gasteiger partial charge in [-0.3, -0.25) is 0 Å². The number of hydrogen-bond donors (Lipinski definition) is 0. The molecule has 1 aromatic carbocycles. The molecule has 0 atom stereocenters. The minimum atomic E-state index is -0.301. The van der Waals surface area contributed by atoms with Crippen molar-refractivity contribution in [2.24, 2.45) is 0 Å². The van der Waals surface area contributed by atoms with Gasteiger partial charge in [-0.15, -0.1) is 11.6 Å². The lowest BCUT2D eigenvalue weighted by Crippen LogP contribution is -2.05. The van der Waals surface area contributed by atoms with E-state index in [1.54, 1.807) is 19.3 Å². The molecule has 0 radical (unpaired) electrons. The molecule has 0 unspecified atom stereocenters. The van der Waals surface area contributed by atoms with E-state index in [1.807, 2.05) is 16.7 Å². The Labute approximate surface area is 111 Å². The number of fused-ring (bicyclic) bond motifs is 1. The number of hydrogen-bond acceptors (Lipinski definition) is 3. The minimum absolute atomic E-state index is 0.301. The number of aryl methyl sites for hydroxylation is 1. The van der Waals surface area contributed by atoms with E-state index in [-0.39, 0.29) is 5.97 Å². The summed E-state index contributed by atoms with van der Waals surface area (Å²) in [5.41, 5.74) is 2.36. The van der Waals surface area contributed by atoms with Crippen LogP contribution in [0.25, 0.3) is 11.0 Å². The molecule has 0 spiro atoms. The third kappa shape index (κ3) is 2.64. The molecular formula is C13H15ClN2O2. The molecule has 2 aromatic rings. The number of ether oxygens (including phenoxy) is 1. The maximum Gasteiger partial charge on any atom is 0.338 e. The number of alkyl halides is 1. The Morgan fingerprint density at radius 3 is 3.06 bits per heavy atom. The second-order valence-corrected chi connectivity index (χ2v) is 4.28. The lowest BCUT2D eigenvalue weighted by molar-refractivity contribution is 0.0526. The van der Waals surface area contributed by atoms with Crippen LogP contribution in [-0.2, 0) is 11.3 Å². The van der Waals surface area contributed by atoms with Crippen molar-refractivity contribution in [3.05, 3.63) is 30.1 Å². The normalized spacial score (nSPS) is 10.8. The summed E-state index contributed by atoms with van der Waals surface area (Å²) in [4.78, 5) is 15.9. The maximum atomic E-state index is 11.7. The van der Waals surface area contributed by atoms with Crippen molar-refractivity contribution in [1.29, 1.82) is 0 Å². The number of carbonyl (C=O) groups excluding carboxylic acids is 1. The van der Waals surface area contributed by atoms with Crippen molar-refractivity contribution >= 4 is 28.6 Å². The first kappa shape index (κ1) is 12.9. The van der Waals surface area contributed by atoms with Crippen LogP contribution >= 0.6 is 11.6 Å². The number of imidazole rings is 1. The van der Waals surface area contributed by atoms with Gasteiger partial charge in [0.2, 0.25) is 0 Å². The number of esters is 1. The molecule has 4 nitrogen and oxygen atoms in total. The lowest BCUT2D eigenvalue weighted by atomic mass is 10.2. The molecule has 1 aromatic heterocycles. The average Bonchev–Trinajstić information content (AvgIpc) is 2.79. The fourth-order valence-corrected chi connectivity index (χ4v) is 1.93. The van der Waals surface area contributed by atoms with Crippen LogP contribution in [0.3, 0.4) is 0 Å². The summed E-state index contributed by atoms with van der Waals surface area (Å²) in [7, 11) is 0. The molecule has 0 bridgehead atoms. The zero-order valence-corrected chi connectivity index (χ0v) is 11.0. The molecule has 0 amide bonds. The van der Waals surface area contributed by atoms with Crippen molar-refractivity contribution in [3.63, 3.8) is 0 Å². The highest BCUT2D eigenvalue weighted by Gasteiger charge is 2.09. The van der Waals surface area contributed by atoms with Crippen molar-refractivity contribution in [3.8, 4) is 0 Å². The van der Waals surface area contributed by atoms with Crippen molar-refractivity contribution < 1.29 is 9.53 Å². The predicted molar refractivity (Wildman–Crippen MR) is 71.0 cm³/mol. The quantitative estimate of drug-likeness (QED) is 0.617. The molecule has 0 aliphatic heterocycles. The summed E-state index contributed by atoms with van der Waals surface area (Å²) < 4.78 is 6.99. The summed E-state index contributed by atoms with van der Waals surface area (Å²) >= 11 is 5.68. The summed E-state index contributed by atoms with van der Waals surface area (Å²) in [6.07, 6.45) is 2.64. The third-order valence-corrected chi connectivity index (χ3v) is 2.93. The van der Waals surface area contributed by atoms with E-state index in [1.165, 1.54) is 0 Å². The third-order valence-electron chi connectivity index (χ3n) is 2.66. The second kappa shape index (κ2) is 5.87. The van der Waals surface area contributed by atoms with E-state index in [0.29, 0.717) is 18.1 Å². The second-order valence-electron chi connectivity index (χ2n) is 3.90. The summed E-state index contributed by atoms with van der Waals surface area (Å²) in [5, 5.41) is 0. The van der Waals surface area contributed by atoms with Crippen LogP contribution in [0.2, 0.25) is 0 Å². The standard InChI is InChI=1S/C13H15ClN2O2/c1-2-18-13(17)10-4-5-11-12(8-10)16(9-15-11)7-3-6-14/h4-5,8-9H,2-3,6-7H2,1H3. The molecule has 96 valence electrons. The number of halogens is 1. The molecule has 0 aliphatic rings. The van der Waals surface area contributed by atoms with Gasteiger partial charge in [0.1, 0.15) is 0 Å². The first-order valence-corrected chi connectivity index (χ1v) is 6.47. The first-order valence-electron chi connectivity index (χ1n) is 5.94. The van der Waals surface area contributed by atoms with Gasteiger partial charge in [0, 0.05) is 12.4 Å². The van der Waals surface area contributed by atoms with Crippen molar-refractivity contribution in [2.75, 3.05) is 12.5 Å². The molecule has 1 heterocycles. The van der Waals surface area contributed by atoms with Gasteiger partial charge in [0.25, 0.3) is 0 Å². The predicted octanol–water partition coefficient (Wildman–Crippen LogP) is 2.84. The van der Waals surface area contributed by atoms with Crippen LogP contribution < -0.4 is 0 Å². The van der Waals surface area contributed by atoms with Crippen molar-refractivity contribution in [1.82, 2.24) is 9.55 Å². The molecule has 5 heteroatoms. The molecule has 2 rings (SSSR count). The highest BCUT2D eigenvalue weighted by Crippen LogP contribution is 2.16. The number of benzene rings is 1. The smallest absolute Gasteiger partial charge is 0.338 e. The van der Waals surface area contributed by atoms with Gasteiger partial charge in [0.15, 0.2) is 0 Å². The zero-order chi connectivity index (χ0) is 13.0. The Balaban J connectivity index is 2.32. The van der Waals surface area contributed by atoms with Gasteiger partial charge >= 0.3 is 5.97 Å². The zero-order valence-electron chi connectivity index (χ0n) is 10.2. The minimum Gasteiger partial charge on any atom is -0.462 e. The van der Waals surface area contributed by atoms with Crippen LogP contribution in [0.1, 0.15) is 23.7 Å². The van der Waals surface area contributed by atoms with E-state index in [2.05, 4.69) is 4.98 Å². The Morgan fingerprint density at radius 1 is 1.50 bits per heavy atom. The lowest BCUT2D eigenvalue weighted by Gasteiger charge is -2.04. The molecule has 0 aliphatic carbocycles. The Bertz CT molecular complexity index is 551. The summed E-state index contributed by atoms with van der Waals surface area (Å²) in [6, 6.07) is 5.38. The molecule has 18 heavy (non-hydrogen) atoms. The van der Waals surface area contributed by atoms with Gasteiger partial charge in [-0.2, -0.15) is 0 Å². The fraction of sp³-hybridized carbons (Fsp3) is 0.385. The van der Waals surface area contributed by atoms with Crippen LogP contribution in [0.5, 0.6) is 0 Å². The Kier molecular flexibility index (Phi) is 4.20. The monoisotopic (exact) mass is 266 g/mol. The van der Waals surface area contributed by atoms with E-state index >= 15 is 0 Å². The summed E-state index contributed by atoms with van der Waals surface area (Å²) in [6.45, 7) is 2.97. The Morgan fingerprint density at radius 2 is 2.33 bits per heavy atom. The van der Waals surface area contributed by atoms with E-state index in [0.717, 1.165) is 24.0 Å². The largest absolute Gasteiger partial charge is 0.462 e. The highest BCUT2D eigenvalue weighted by molar-refractivity contribution is 6.17. The van der Waals surface area contributed by atoms with Gasteiger partial charge in [0.05, 0.1) is 29.5 Å². The van der Waals surface area contributed by atoms with Crippen LogP contribution in [0.15, 0.2) is 24.5 Å². The first-order chi connectivity index (χ1) is 8.76. The Hall–Kier alpha value is -1.55. The number of nitrogens with zero attached hydrogens (tertiary/aromatic N) is 2. The van der Waals surface area contributed by atoms with Gasteiger partial charge in [-0.1, -0.05) is 0 Å². The molecule has 0 saturated carbocycles. The van der Waals surface area contributed by atoms with E-state index < -0.39 is 0 Å².